The molecule has 0 aliphatic carbocycles. The van der Waals surface area contributed by atoms with Crippen LogP contribution in [0.2, 0.25) is 0 Å². The highest BCUT2D eigenvalue weighted by Crippen LogP contribution is 2.19. The van der Waals surface area contributed by atoms with E-state index in [2.05, 4.69) is 26.8 Å². The SMILES string of the molecule is Cn1ncnc1NC(=O)c1cccc2c1CCNC2. The van der Waals surface area contributed by atoms with E-state index >= 15 is 0 Å². The second-order valence-corrected chi connectivity index (χ2v) is 4.53. The van der Waals surface area contributed by atoms with Crippen LogP contribution in [0, 0.1) is 0 Å². The van der Waals surface area contributed by atoms with Gasteiger partial charge in [-0.05, 0) is 30.2 Å². The summed E-state index contributed by atoms with van der Waals surface area (Å²) in [5, 5.41) is 10.0. The van der Waals surface area contributed by atoms with Gasteiger partial charge < -0.3 is 5.32 Å². The molecular formula is C13H15N5O. The number of nitrogens with one attached hydrogen (secondary N) is 2. The van der Waals surface area contributed by atoms with Gasteiger partial charge >= 0.3 is 0 Å². The molecule has 6 nitrogen and oxygen atoms in total. The van der Waals surface area contributed by atoms with Crippen LogP contribution in [-0.4, -0.2) is 27.2 Å². The maximum atomic E-state index is 12.3. The van der Waals surface area contributed by atoms with E-state index in [1.54, 1.807) is 7.05 Å². The van der Waals surface area contributed by atoms with E-state index in [1.807, 2.05) is 12.1 Å². The van der Waals surface area contributed by atoms with Crippen molar-refractivity contribution in [2.24, 2.45) is 7.05 Å². The van der Waals surface area contributed by atoms with Crippen molar-refractivity contribution in [3.63, 3.8) is 0 Å². The van der Waals surface area contributed by atoms with Crippen molar-refractivity contribution in [1.29, 1.82) is 0 Å². The van der Waals surface area contributed by atoms with Crippen LogP contribution in [0.1, 0.15) is 21.5 Å². The molecule has 0 spiro atoms. The number of fused-ring (bicyclic) bond motifs is 1. The van der Waals surface area contributed by atoms with Crippen LogP contribution < -0.4 is 10.6 Å². The Labute approximate surface area is 110 Å². The molecule has 0 bridgehead atoms. The third kappa shape index (κ3) is 2.22. The van der Waals surface area contributed by atoms with Gasteiger partial charge in [0.15, 0.2) is 0 Å². The quantitative estimate of drug-likeness (QED) is 0.831. The molecule has 2 heterocycles. The Bertz CT molecular complexity index is 619. The second-order valence-electron chi connectivity index (χ2n) is 4.53. The van der Waals surface area contributed by atoms with Gasteiger partial charge in [-0.15, -0.1) is 0 Å². The van der Waals surface area contributed by atoms with Crippen molar-refractivity contribution >= 4 is 11.9 Å². The second kappa shape index (κ2) is 4.81. The minimum absolute atomic E-state index is 0.130. The lowest BCUT2D eigenvalue weighted by atomic mass is 9.95. The molecule has 19 heavy (non-hydrogen) atoms. The van der Waals surface area contributed by atoms with E-state index in [4.69, 9.17) is 0 Å². The van der Waals surface area contributed by atoms with Crippen LogP contribution in [0.5, 0.6) is 0 Å². The Hall–Kier alpha value is -2.21. The number of hydrogen-bond donors (Lipinski definition) is 2. The van der Waals surface area contributed by atoms with E-state index in [-0.39, 0.29) is 5.91 Å². The van der Waals surface area contributed by atoms with Gasteiger partial charge in [-0.1, -0.05) is 12.1 Å². The highest BCUT2D eigenvalue weighted by atomic mass is 16.1. The number of hydrogen-bond acceptors (Lipinski definition) is 4. The molecule has 2 N–H and O–H groups in total. The molecule has 2 aromatic rings. The minimum atomic E-state index is -0.130. The van der Waals surface area contributed by atoms with E-state index in [0.717, 1.165) is 30.6 Å². The van der Waals surface area contributed by atoms with Gasteiger partial charge in [0, 0.05) is 19.2 Å². The van der Waals surface area contributed by atoms with Crippen LogP contribution in [0.4, 0.5) is 5.95 Å². The van der Waals surface area contributed by atoms with Crippen LogP contribution in [-0.2, 0) is 20.0 Å². The zero-order valence-electron chi connectivity index (χ0n) is 10.7. The molecule has 98 valence electrons. The Morgan fingerprint density at radius 3 is 3.16 bits per heavy atom. The fourth-order valence-electron chi connectivity index (χ4n) is 2.32. The summed E-state index contributed by atoms with van der Waals surface area (Å²) in [7, 11) is 1.74. The van der Waals surface area contributed by atoms with Crippen molar-refractivity contribution in [1.82, 2.24) is 20.1 Å². The lowest BCUT2D eigenvalue weighted by Gasteiger charge is -2.19. The van der Waals surface area contributed by atoms with Crippen molar-refractivity contribution in [3.8, 4) is 0 Å². The number of anilines is 1. The van der Waals surface area contributed by atoms with Gasteiger partial charge in [0.25, 0.3) is 5.91 Å². The zero-order chi connectivity index (χ0) is 13.2. The summed E-state index contributed by atoms with van der Waals surface area (Å²) in [6.07, 6.45) is 2.29. The normalized spacial score (nSPS) is 13.9. The number of nitrogens with zero attached hydrogens (tertiary/aromatic N) is 3. The Kier molecular flexibility index (Phi) is 3.00. The molecular weight excluding hydrogens is 242 g/mol. The summed E-state index contributed by atoms with van der Waals surface area (Å²) in [5.41, 5.74) is 3.04. The molecule has 0 radical (unpaired) electrons. The first kappa shape index (κ1) is 11.9. The average Bonchev–Trinajstić information content (AvgIpc) is 2.83. The Balaban J connectivity index is 1.90. The number of aryl methyl sites for hydroxylation is 1. The maximum Gasteiger partial charge on any atom is 0.258 e. The molecule has 3 rings (SSSR count). The molecule has 1 aromatic heterocycles. The minimum Gasteiger partial charge on any atom is -0.312 e. The largest absolute Gasteiger partial charge is 0.312 e. The molecule has 0 saturated carbocycles. The van der Waals surface area contributed by atoms with Crippen LogP contribution >= 0.6 is 0 Å². The summed E-state index contributed by atoms with van der Waals surface area (Å²) >= 11 is 0. The predicted molar refractivity (Wildman–Crippen MR) is 70.8 cm³/mol. The van der Waals surface area contributed by atoms with Gasteiger partial charge in [0.05, 0.1) is 0 Å². The van der Waals surface area contributed by atoms with E-state index < -0.39 is 0 Å². The highest BCUT2D eigenvalue weighted by Gasteiger charge is 2.18. The Morgan fingerprint density at radius 2 is 2.37 bits per heavy atom. The van der Waals surface area contributed by atoms with Gasteiger partial charge in [0.1, 0.15) is 6.33 Å². The standard InChI is InChI=1S/C13H15N5O/c1-18-13(15-8-16-18)17-12(19)11-4-2-3-9-7-14-6-5-10(9)11/h2-4,8,14H,5-7H2,1H3,(H,15,16,17,19). The van der Waals surface area contributed by atoms with E-state index in [1.165, 1.54) is 16.6 Å². The predicted octanol–water partition coefficient (Wildman–Crippen LogP) is 0.713. The van der Waals surface area contributed by atoms with Crippen molar-refractivity contribution in [2.75, 3.05) is 11.9 Å². The molecule has 0 atom stereocenters. The highest BCUT2D eigenvalue weighted by molar-refractivity contribution is 6.04. The summed E-state index contributed by atoms with van der Waals surface area (Å²) in [4.78, 5) is 16.3. The third-order valence-electron chi connectivity index (χ3n) is 3.32. The summed E-state index contributed by atoms with van der Waals surface area (Å²) in [5.74, 6) is 0.325. The molecule has 0 unspecified atom stereocenters. The van der Waals surface area contributed by atoms with Gasteiger partial charge in [-0.25, -0.2) is 4.68 Å². The van der Waals surface area contributed by atoms with E-state index in [0.29, 0.717) is 5.95 Å². The van der Waals surface area contributed by atoms with Gasteiger partial charge in [-0.2, -0.15) is 10.1 Å². The van der Waals surface area contributed by atoms with Crippen LogP contribution in [0.3, 0.4) is 0 Å². The van der Waals surface area contributed by atoms with Crippen LogP contribution in [0.15, 0.2) is 24.5 Å². The number of amides is 1. The molecule has 1 aliphatic rings. The number of rotatable bonds is 2. The van der Waals surface area contributed by atoms with Gasteiger partial charge in [-0.3, -0.25) is 10.1 Å². The zero-order valence-corrected chi connectivity index (χ0v) is 10.7. The van der Waals surface area contributed by atoms with Crippen molar-refractivity contribution < 1.29 is 4.79 Å². The molecule has 6 heteroatoms. The third-order valence-corrected chi connectivity index (χ3v) is 3.32. The van der Waals surface area contributed by atoms with Crippen LogP contribution in [0.25, 0.3) is 0 Å². The first-order valence-electron chi connectivity index (χ1n) is 6.22. The number of carbonyl (C=O) groups is 1. The van der Waals surface area contributed by atoms with E-state index in [9.17, 15) is 4.79 Å². The first-order valence-corrected chi connectivity index (χ1v) is 6.22. The smallest absolute Gasteiger partial charge is 0.258 e. The van der Waals surface area contributed by atoms with Crippen molar-refractivity contribution in [3.05, 3.63) is 41.2 Å². The summed E-state index contributed by atoms with van der Waals surface area (Å²) in [6, 6.07) is 5.83. The maximum absolute atomic E-state index is 12.3. The lowest BCUT2D eigenvalue weighted by Crippen LogP contribution is -2.27. The average molecular weight is 257 g/mol. The summed E-state index contributed by atoms with van der Waals surface area (Å²) < 4.78 is 1.54. The fourth-order valence-corrected chi connectivity index (χ4v) is 2.32. The topological polar surface area (TPSA) is 71.8 Å². The number of benzene rings is 1. The molecule has 0 saturated heterocycles. The molecule has 0 fully saturated rings. The van der Waals surface area contributed by atoms with Gasteiger partial charge in [0.2, 0.25) is 5.95 Å². The molecule has 1 amide bonds. The monoisotopic (exact) mass is 257 g/mol. The molecule has 1 aromatic carbocycles. The van der Waals surface area contributed by atoms with Crippen molar-refractivity contribution in [2.45, 2.75) is 13.0 Å². The molecule has 1 aliphatic heterocycles. The Morgan fingerprint density at radius 1 is 1.47 bits per heavy atom. The summed E-state index contributed by atoms with van der Waals surface area (Å²) in [6.45, 7) is 1.72. The number of aromatic nitrogens is 3. The number of carbonyl (C=O) groups excluding carboxylic acids is 1. The fraction of sp³-hybridized carbons (Fsp3) is 0.308. The first-order chi connectivity index (χ1) is 9.25. The lowest BCUT2D eigenvalue weighted by molar-refractivity contribution is 0.102.